The SMILES string of the molecule is COC(=O)NC1CCN(C(=O)c2ccc(C)cc2O)C1. The fourth-order valence-electron chi connectivity index (χ4n) is 2.28. The molecular formula is C14H18N2O4. The van der Waals surface area contributed by atoms with Gasteiger partial charge in [-0.15, -0.1) is 0 Å². The van der Waals surface area contributed by atoms with Gasteiger partial charge in [0.1, 0.15) is 5.75 Å². The lowest BCUT2D eigenvalue weighted by molar-refractivity contribution is 0.0785. The average Bonchev–Trinajstić information content (AvgIpc) is 2.86. The maximum absolute atomic E-state index is 12.3. The topological polar surface area (TPSA) is 78.9 Å². The molecule has 1 saturated heterocycles. The Hall–Kier alpha value is -2.24. The molecule has 1 heterocycles. The van der Waals surface area contributed by atoms with Crippen LogP contribution >= 0.6 is 0 Å². The van der Waals surface area contributed by atoms with Crippen LogP contribution in [-0.2, 0) is 4.74 Å². The van der Waals surface area contributed by atoms with Gasteiger partial charge in [0.05, 0.1) is 18.7 Å². The molecule has 0 saturated carbocycles. The molecule has 0 spiro atoms. The second-order valence-corrected chi connectivity index (χ2v) is 4.89. The Morgan fingerprint density at radius 2 is 2.20 bits per heavy atom. The number of benzene rings is 1. The summed E-state index contributed by atoms with van der Waals surface area (Å²) >= 11 is 0. The number of carbonyl (C=O) groups excluding carboxylic acids is 2. The number of likely N-dealkylation sites (tertiary alicyclic amines) is 1. The van der Waals surface area contributed by atoms with Crippen LogP contribution < -0.4 is 5.32 Å². The predicted molar refractivity (Wildman–Crippen MR) is 72.7 cm³/mol. The first kappa shape index (κ1) is 14.2. The molecular weight excluding hydrogens is 260 g/mol. The molecule has 0 bridgehead atoms. The van der Waals surface area contributed by atoms with Crippen molar-refractivity contribution in [3.63, 3.8) is 0 Å². The van der Waals surface area contributed by atoms with E-state index in [1.165, 1.54) is 7.11 Å². The summed E-state index contributed by atoms with van der Waals surface area (Å²) < 4.78 is 4.53. The van der Waals surface area contributed by atoms with Gasteiger partial charge in [0, 0.05) is 13.1 Å². The van der Waals surface area contributed by atoms with Crippen molar-refractivity contribution >= 4 is 12.0 Å². The van der Waals surface area contributed by atoms with Gasteiger partial charge in [-0.3, -0.25) is 4.79 Å². The fourth-order valence-corrected chi connectivity index (χ4v) is 2.28. The highest BCUT2D eigenvalue weighted by atomic mass is 16.5. The fraction of sp³-hybridized carbons (Fsp3) is 0.429. The van der Waals surface area contributed by atoms with E-state index in [0.717, 1.165) is 5.56 Å². The summed E-state index contributed by atoms with van der Waals surface area (Å²) in [7, 11) is 1.30. The smallest absolute Gasteiger partial charge is 0.407 e. The maximum Gasteiger partial charge on any atom is 0.407 e. The van der Waals surface area contributed by atoms with Crippen LogP contribution in [0.25, 0.3) is 0 Å². The highest BCUT2D eigenvalue weighted by Gasteiger charge is 2.29. The van der Waals surface area contributed by atoms with E-state index in [4.69, 9.17) is 0 Å². The molecule has 1 unspecified atom stereocenters. The second-order valence-electron chi connectivity index (χ2n) is 4.89. The molecule has 1 aliphatic heterocycles. The van der Waals surface area contributed by atoms with Crippen molar-refractivity contribution in [1.82, 2.24) is 10.2 Å². The third-order valence-corrected chi connectivity index (χ3v) is 3.37. The number of alkyl carbamates (subject to hydrolysis) is 1. The third kappa shape index (κ3) is 3.01. The Morgan fingerprint density at radius 1 is 1.45 bits per heavy atom. The Labute approximate surface area is 117 Å². The summed E-state index contributed by atoms with van der Waals surface area (Å²) in [4.78, 5) is 25.0. The number of aromatic hydroxyl groups is 1. The normalized spacial score (nSPS) is 17.9. The first-order valence-electron chi connectivity index (χ1n) is 6.44. The minimum absolute atomic E-state index is 0.0145. The highest BCUT2D eigenvalue weighted by Crippen LogP contribution is 2.22. The summed E-state index contributed by atoms with van der Waals surface area (Å²) in [6.07, 6.45) is 0.176. The van der Waals surface area contributed by atoms with Gasteiger partial charge in [-0.05, 0) is 31.0 Å². The van der Waals surface area contributed by atoms with E-state index >= 15 is 0 Å². The van der Waals surface area contributed by atoms with E-state index < -0.39 is 6.09 Å². The number of rotatable bonds is 2. The van der Waals surface area contributed by atoms with Crippen LogP contribution in [0.15, 0.2) is 18.2 Å². The van der Waals surface area contributed by atoms with Gasteiger partial charge in [-0.25, -0.2) is 4.79 Å². The summed E-state index contributed by atoms with van der Waals surface area (Å²) in [6.45, 7) is 2.81. The van der Waals surface area contributed by atoms with Gasteiger partial charge < -0.3 is 20.1 Å². The Balaban J connectivity index is 2.02. The van der Waals surface area contributed by atoms with E-state index in [2.05, 4.69) is 10.1 Å². The zero-order valence-corrected chi connectivity index (χ0v) is 11.5. The van der Waals surface area contributed by atoms with E-state index in [0.29, 0.717) is 19.5 Å². The Bertz CT molecular complexity index is 530. The second kappa shape index (κ2) is 5.81. The van der Waals surface area contributed by atoms with Gasteiger partial charge in [-0.2, -0.15) is 0 Å². The van der Waals surface area contributed by atoms with E-state index in [1.54, 1.807) is 23.1 Å². The first-order valence-corrected chi connectivity index (χ1v) is 6.44. The minimum Gasteiger partial charge on any atom is -0.507 e. The van der Waals surface area contributed by atoms with Gasteiger partial charge in [-0.1, -0.05) is 6.07 Å². The number of nitrogens with zero attached hydrogens (tertiary/aromatic N) is 1. The lowest BCUT2D eigenvalue weighted by atomic mass is 10.1. The average molecular weight is 278 g/mol. The molecule has 20 heavy (non-hydrogen) atoms. The standard InChI is InChI=1S/C14H18N2O4/c1-9-3-4-11(12(17)7-9)13(18)16-6-5-10(8-16)15-14(19)20-2/h3-4,7,10,17H,5-6,8H2,1-2H3,(H,15,19). The van der Waals surface area contributed by atoms with Crippen molar-refractivity contribution in [1.29, 1.82) is 0 Å². The van der Waals surface area contributed by atoms with Crippen molar-refractivity contribution in [3.05, 3.63) is 29.3 Å². The molecule has 1 aliphatic rings. The number of carbonyl (C=O) groups is 2. The number of phenols is 1. The molecule has 0 aromatic heterocycles. The van der Waals surface area contributed by atoms with Crippen molar-refractivity contribution < 1.29 is 19.4 Å². The van der Waals surface area contributed by atoms with Crippen molar-refractivity contribution in [2.45, 2.75) is 19.4 Å². The summed E-state index contributed by atoms with van der Waals surface area (Å²) in [5, 5.41) is 12.5. The zero-order chi connectivity index (χ0) is 14.7. The van der Waals surface area contributed by atoms with Crippen molar-refractivity contribution in [3.8, 4) is 5.75 Å². The third-order valence-electron chi connectivity index (χ3n) is 3.37. The number of nitrogens with one attached hydrogen (secondary N) is 1. The molecule has 0 radical (unpaired) electrons. The van der Waals surface area contributed by atoms with Gasteiger partial charge in [0.2, 0.25) is 0 Å². The quantitative estimate of drug-likeness (QED) is 0.854. The molecule has 1 aromatic rings. The Morgan fingerprint density at radius 3 is 2.85 bits per heavy atom. The zero-order valence-electron chi connectivity index (χ0n) is 11.5. The van der Waals surface area contributed by atoms with Crippen molar-refractivity contribution in [2.24, 2.45) is 0 Å². The van der Waals surface area contributed by atoms with Crippen LogP contribution in [0.5, 0.6) is 5.75 Å². The van der Waals surface area contributed by atoms with E-state index in [9.17, 15) is 14.7 Å². The molecule has 1 fully saturated rings. The highest BCUT2D eigenvalue weighted by molar-refractivity contribution is 5.97. The number of amides is 2. The van der Waals surface area contributed by atoms with Gasteiger partial charge >= 0.3 is 6.09 Å². The monoisotopic (exact) mass is 278 g/mol. The molecule has 6 heteroatoms. The van der Waals surface area contributed by atoms with Crippen LogP contribution in [0.3, 0.4) is 0 Å². The number of hydrogen-bond donors (Lipinski definition) is 2. The largest absolute Gasteiger partial charge is 0.507 e. The number of methoxy groups -OCH3 is 1. The number of aryl methyl sites for hydroxylation is 1. The molecule has 2 amide bonds. The lowest BCUT2D eigenvalue weighted by Crippen LogP contribution is -2.38. The number of ether oxygens (including phenoxy) is 1. The summed E-state index contributed by atoms with van der Waals surface area (Å²) in [5.41, 5.74) is 1.18. The maximum atomic E-state index is 12.3. The van der Waals surface area contributed by atoms with Crippen molar-refractivity contribution in [2.75, 3.05) is 20.2 Å². The minimum atomic E-state index is -0.498. The molecule has 0 aliphatic carbocycles. The predicted octanol–water partition coefficient (Wildman–Crippen LogP) is 1.27. The molecule has 2 rings (SSSR count). The lowest BCUT2D eigenvalue weighted by Gasteiger charge is -2.17. The van der Waals surface area contributed by atoms with Crippen LogP contribution in [0.1, 0.15) is 22.3 Å². The number of phenolic OH excluding ortho intramolecular Hbond substituents is 1. The van der Waals surface area contributed by atoms with Gasteiger partial charge in [0.15, 0.2) is 0 Å². The molecule has 6 nitrogen and oxygen atoms in total. The summed E-state index contributed by atoms with van der Waals surface area (Å²) in [5.74, 6) is -0.240. The molecule has 1 atom stereocenters. The Kier molecular flexibility index (Phi) is 4.12. The van der Waals surface area contributed by atoms with Crippen LogP contribution in [0, 0.1) is 6.92 Å². The van der Waals surface area contributed by atoms with E-state index in [1.807, 2.05) is 6.92 Å². The van der Waals surface area contributed by atoms with Crippen LogP contribution in [0.4, 0.5) is 4.79 Å². The van der Waals surface area contributed by atoms with Gasteiger partial charge in [0.25, 0.3) is 5.91 Å². The first-order chi connectivity index (χ1) is 9.51. The summed E-state index contributed by atoms with van der Waals surface area (Å²) in [6, 6.07) is 4.85. The van der Waals surface area contributed by atoms with E-state index in [-0.39, 0.29) is 23.3 Å². The van der Waals surface area contributed by atoms with Crippen LogP contribution in [-0.4, -0.2) is 48.2 Å². The van der Waals surface area contributed by atoms with Crippen LogP contribution in [0.2, 0.25) is 0 Å². The molecule has 1 aromatic carbocycles. The number of hydrogen-bond acceptors (Lipinski definition) is 4. The molecule has 2 N–H and O–H groups in total. The molecule has 108 valence electrons.